The van der Waals surface area contributed by atoms with Crippen molar-refractivity contribution in [3.8, 4) is 0 Å². The van der Waals surface area contributed by atoms with Crippen molar-refractivity contribution in [3.63, 3.8) is 0 Å². The molecule has 27 heavy (non-hydrogen) atoms. The van der Waals surface area contributed by atoms with Crippen LogP contribution in [0.25, 0.3) is 0 Å². The largest absolute Gasteiger partial charge is 0.349 e. The van der Waals surface area contributed by atoms with Crippen molar-refractivity contribution in [3.05, 3.63) is 12.2 Å². The van der Waals surface area contributed by atoms with Crippen LogP contribution in [-0.2, 0) is 14.3 Å². The fourth-order valence-corrected chi connectivity index (χ4v) is 5.06. The highest BCUT2D eigenvalue weighted by Crippen LogP contribution is 2.54. The molecule has 0 saturated carbocycles. The second kappa shape index (κ2) is 7.44. The molecule has 4 atom stereocenters. The molecule has 1 aliphatic carbocycles. The molecule has 0 radical (unpaired) electrons. The van der Waals surface area contributed by atoms with E-state index in [1.54, 1.807) is 0 Å². The number of nitrogens with zero attached hydrogens (tertiary/aromatic N) is 1. The summed E-state index contributed by atoms with van der Waals surface area (Å²) in [6, 6.07) is 0. The van der Waals surface area contributed by atoms with E-state index >= 15 is 0 Å². The Bertz CT molecular complexity index is 550. The van der Waals surface area contributed by atoms with Crippen molar-refractivity contribution in [1.29, 1.82) is 0 Å². The first-order valence-corrected chi connectivity index (χ1v) is 11.0. The van der Waals surface area contributed by atoms with Crippen LogP contribution < -0.4 is 0 Å². The molecule has 0 bridgehead atoms. The van der Waals surface area contributed by atoms with E-state index in [2.05, 4.69) is 65.7 Å². The molecule has 2 heterocycles. The topological polar surface area (TPSA) is 30.9 Å². The minimum atomic E-state index is -0.521. The van der Waals surface area contributed by atoms with Crippen LogP contribution in [0.3, 0.4) is 0 Å². The third-order valence-corrected chi connectivity index (χ3v) is 7.52. The van der Waals surface area contributed by atoms with Crippen molar-refractivity contribution >= 4 is 0 Å². The first kappa shape index (κ1) is 21.3. The van der Waals surface area contributed by atoms with E-state index in [9.17, 15) is 0 Å². The zero-order chi connectivity index (χ0) is 19.9. The Morgan fingerprint density at radius 3 is 2.26 bits per heavy atom. The third-order valence-electron chi connectivity index (χ3n) is 7.52. The third kappa shape index (κ3) is 3.75. The first-order valence-electron chi connectivity index (χ1n) is 11.0. The van der Waals surface area contributed by atoms with Crippen LogP contribution in [0.15, 0.2) is 12.2 Å². The Kier molecular flexibility index (Phi) is 5.87. The predicted molar refractivity (Wildman–Crippen MR) is 109 cm³/mol. The molecule has 4 nitrogen and oxygen atoms in total. The van der Waals surface area contributed by atoms with Crippen molar-refractivity contribution in [2.45, 2.75) is 110 Å². The van der Waals surface area contributed by atoms with Gasteiger partial charge in [-0.2, -0.15) is 5.06 Å². The monoisotopic (exact) mass is 379 g/mol. The fourth-order valence-electron chi connectivity index (χ4n) is 5.06. The maximum atomic E-state index is 6.73. The van der Waals surface area contributed by atoms with Crippen molar-refractivity contribution in [1.82, 2.24) is 5.06 Å². The smallest absolute Gasteiger partial charge is 0.174 e. The summed E-state index contributed by atoms with van der Waals surface area (Å²) in [4.78, 5) is 6.73. The molecule has 3 aliphatic rings. The normalized spacial score (nSPS) is 41.7. The predicted octanol–water partition coefficient (Wildman–Crippen LogP) is 5.48. The van der Waals surface area contributed by atoms with Crippen molar-refractivity contribution in [2.24, 2.45) is 11.3 Å². The second-order valence-corrected chi connectivity index (χ2v) is 10.3. The molecule has 1 spiro atoms. The van der Waals surface area contributed by atoms with Crippen LogP contribution >= 0.6 is 0 Å². The molecular weight excluding hydrogens is 338 g/mol. The highest BCUT2D eigenvalue weighted by Gasteiger charge is 2.63. The molecule has 4 unspecified atom stereocenters. The molecule has 2 fully saturated rings. The van der Waals surface area contributed by atoms with Gasteiger partial charge in [-0.05, 0) is 46.0 Å². The van der Waals surface area contributed by atoms with Gasteiger partial charge in [0, 0.05) is 23.3 Å². The van der Waals surface area contributed by atoms with Gasteiger partial charge < -0.3 is 9.47 Å². The van der Waals surface area contributed by atoms with Gasteiger partial charge >= 0.3 is 0 Å². The molecule has 2 aliphatic heterocycles. The number of allylic oxidation sites excluding steroid dienone is 1. The van der Waals surface area contributed by atoms with E-state index < -0.39 is 5.79 Å². The molecule has 2 saturated heterocycles. The van der Waals surface area contributed by atoms with Gasteiger partial charge in [0.05, 0.1) is 24.9 Å². The van der Waals surface area contributed by atoms with Gasteiger partial charge in [0.2, 0.25) is 0 Å². The Hall–Kier alpha value is -0.420. The van der Waals surface area contributed by atoms with Crippen LogP contribution in [0.5, 0.6) is 0 Å². The van der Waals surface area contributed by atoms with Gasteiger partial charge in [0.15, 0.2) is 5.79 Å². The summed E-state index contributed by atoms with van der Waals surface area (Å²) in [6.07, 6.45) is 11.0. The van der Waals surface area contributed by atoms with Gasteiger partial charge in [-0.25, -0.2) is 0 Å². The van der Waals surface area contributed by atoms with Crippen molar-refractivity contribution in [2.75, 3.05) is 13.2 Å². The highest BCUT2D eigenvalue weighted by atomic mass is 16.7. The fraction of sp³-hybridized carbons (Fsp3) is 0.913. The maximum absolute atomic E-state index is 6.73. The van der Waals surface area contributed by atoms with Gasteiger partial charge in [0.1, 0.15) is 0 Å². The number of rotatable bonds is 4. The molecular formula is C23H41NO3. The van der Waals surface area contributed by atoms with Crippen LogP contribution in [0.2, 0.25) is 0 Å². The quantitative estimate of drug-likeness (QED) is 0.606. The Labute approximate surface area is 166 Å². The lowest BCUT2D eigenvalue weighted by molar-refractivity contribution is -0.412. The van der Waals surface area contributed by atoms with Crippen LogP contribution in [0.4, 0.5) is 0 Å². The van der Waals surface area contributed by atoms with Gasteiger partial charge in [0.25, 0.3) is 0 Å². The second-order valence-electron chi connectivity index (χ2n) is 10.3. The van der Waals surface area contributed by atoms with Gasteiger partial charge in [-0.3, -0.25) is 4.84 Å². The lowest BCUT2D eigenvalue weighted by Crippen LogP contribution is -2.74. The summed E-state index contributed by atoms with van der Waals surface area (Å²) in [5.74, 6) is -0.300. The number of hydroxylamine groups is 2. The molecule has 0 aromatic carbocycles. The molecule has 0 amide bonds. The van der Waals surface area contributed by atoms with Crippen molar-refractivity contribution < 1.29 is 14.3 Å². The average Bonchev–Trinajstić information content (AvgIpc) is 2.67. The summed E-state index contributed by atoms with van der Waals surface area (Å²) < 4.78 is 13.1. The molecule has 156 valence electrons. The summed E-state index contributed by atoms with van der Waals surface area (Å²) in [6.45, 7) is 17.4. The summed E-state index contributed by atoms with van der Waals surface area (Å²) in [5.41, 5.74) is -0.184. The Morgan fingerprint density at radius 1 is 1.07 bits per heavy atom. The molecule has 3 rings (SSSR count). The zero-order valence-corrected chi connectivity index (χ0v) is 18.6. The summed E-state index contributed by atoms with van der Waals surface area (Å²) in [5, 5.41) is 2.35. The van der Waals surface area contributed by atoms with Crippen LogP contribution in [0, 0.1) is 11.3 Å². The van der Waals surface area contributed by atoms with Crippen LogP contribution in [0.1, 0.15) is 87.0 Å². The highest BCUT2D eigenvalue weighted by molar-refractivity contribution is 5.09. The van der Waals surface area contributed by atoms with E-state index in [4.69, 9.17) is 14.3 Å². The molecule has 0 aromatic rings. The van der Waals surface area contributed by atoms with E-state index in [1.807, 2.05) is 0 Å². The minimum Gasteiger partial charge on any atom is -0.349 e. The maximum Gasteiger partial charge on any atom is 0.174 e. The summed E-state index contributed by atoms with van der Waals surface area (Å²) in [7, 11) is 0. The number of ether oxygens (including phenoxy) is 2. The van der Waals surface area contributed by atoms with E-state index in [-0.39, 0.29) is 28.5 Å². The number of hydrogen-bond donors (Lipinski definition) is 0. The first-order chi connectivity index (χ1) is 12.6. The average molecular weight is 380 g/mol. The van der Waals surface area contributed by atoms with E-state index in [0.29, 0.717) is 0 Å². The minimum absolute atomic E-state index is 0.0801. The number of piperidine rings is 1. The van der Waals surface area contributed by atoms with Crippen LogP contribution in [-0.4, -0.2) is 41.2 Å². The molecule has 0 aromatic heterocycles. The van der Waals surface area contributed by atoms with Gasteiger partial charge in [-0.15, -0.1) is 0 Å². The van der Waals surface area contributed by atoms with Gasteiger partial charge in [-0.1, -0.05) is 46.8 Å². The zero-order valence-electron chi connectivity index (χ0n) is 18.6. The molecule has 0 N–H and O–H groups in total. The molecule has 4 heteroatoms. The Balaban J connectivity index is 1.93. The lowest BCUT2D eigenvalue weighted by Gasteiger charge is -2.64. The van der Waals surface area contributed by atoms with E-state index in [0.717, 1.165) is 38.9 Å². The lowest BCUT2D eigenvalue weighted by atomic mass is 9.67. The number of hydrogen-bond acceptors (Lipinski definition) is 4. The summed E-state index contributed by atoms with van der Waals surface area (Å²) >= 11 is 0. The standard InChI is InChI=1S/C23H41NO3/c1-8-21(6)15-23(25-16-20(4,5)17-26-23)18(3)22(7,9-2)24(21)27-19-13-11-10-12-14-19/h11,13,18-19H,8-10,12,14-17H2,1-7H3. The SMILES string of the molecule is CCC1(C)CC2(OCC(C)(C)CO2)C(C)C(C)(CC)N1OC1C=CCCC1. The Morgan fingerprint density at radius 2 is 1.74 bits per heavy atom. The van der Waals surface area contributed by atoms with E-state index in [1.165, 1.54) is 12.8 Å².